The topological polar surface area (TPSA) is 62.6 Å². The fourth-order valence-corrected chi connectivity index (χ4v) is 5.67. The summed E-state index contributed by atoms with van der Waals surface area (Å²) >= 11 is 4.49. The van der Waals surface area contributed by atoms with Gasteiger partial charge in [-0.05, 0) is 60.9 Å². The van der Waals surface area contributed by atoms with Crippen molar-refractivity contribution in [2.75, 3.05) is 13.1 Å². The molecule has 34 heavy (non-hydrogen) atoms. The zero-order valence-corrected chi connectivity index (χ0v) is 21.0. The Morgan fingerprint density at radius 2 is 1.79 bits per heavy atom. The Hall–Kier alpha value is -2.84. The molecule has 8 heteroatoms. The molecule has 0 bridgehead atoms. The molecule has 2 fully saturated rings. The number of piperidine rings is 1. The van der Waals surface area contributed by atoms with E-state index < -0.39 is 0 Å². The lowest BCUT2D eigenvalue weighted by atomic mass is 10.1. The van der Waals surface area contributed by atoms with E-state index in [2.05, 4.69) is 15.9 Å². The number of carbonyl (C=O) groups is 3. The maximum Gasteiger partial charge on any atom is 0.293 e. The number of likely N-dealkylation sites (tertiary alicyclic amines) is 1. The van der Waals surface area contributed by atoms with Gasteiger partial charge < -0.3 is 9.47 Å². The van der Waals surface area contributed by atoms with E-state index in [0.29, 0.717) is 4.91 Å². The van der Waals surface area contributed by atoms with E-state index in [0.717, 1.165) is 64.2 Å². The molecule has 2 aliphatic rings. The predicted molar refractivity (Wildman–Crippen MR) is 138 cm³/mol. The SMILES string of the molecule is O=C(Cn1cc(/C=C2\SC(=O)N(Cc3ccccc3)C2=O)c2cc(Br)ccc21)N1CCCCC1. The minimum absolute atomic E-state index is 0.106. The summed E-state index contributed by atoms with van der Waals surface area (Å²) < 4.78 is 2.85. The first-order valence-corrected chi connectivity index (χ1v) is 13.0. The van der Waals surface area contributed by atoms with Crippen LogP contribution in [0, 0.1) is 0 Å². The smallest absolute Gasteiger partial charge is 0.293 e. The van der Waals surface area contributed by atoms with Crippen LogP contribution in [0.15, 0.2) is 64.1 Å². The summed E-state index contributed by atoms with van der Waals surface area (Å²) in [6.07, 6.45) is 6.95. The number of hydrogen-bond acceptors (Lipinski definition) is 4. The number of rotatable bonds is 5. The zero-order chi connectivity index (χ0) is 23.7. The molecule has 0 aliphatic carbocycles. The summed E-state index contributed by atoms with van der Waals surface area (Å²) in [6, 6.07) is 15.4. The first-order valence-electron chi connectivity index (χ1n) is 11.3. The molecule has 1 aromatic heterocycles. The Morgan fingerprint density at radius 3 is 2.56 bits per heavy atom. The van der Waals surface area contributed by atoms with Crippen LogP contribution >= 0.6 is 27.7 Å². The van der Waals surface area contributed by atoms with Gasteiger partial charge in [-0.2, -0.15) is 0 Å². The van der Waals surface area contributed by atoms with Gasteiger partial charge >= 0.3 is 0 Å². The van der Waals surface area contributed by atoms with E-state index in [4.69, 9.17) is 0 Å². The van der Waals surface area contributed by atoms with Crippen molar-refractivity contribution in [2.24, 2.45) is 0 Å². The van der Waals surface area contributed by atoms with E-state index in [1.54, 1.807) is 6.08 Å². The second-order valence-electron chi connectivity index (χ2n) is 8.57. The van der Waals surface area contributed by atoms with E-state index >= 15 is 0 Å². The number of imide groups is 1. The van der Waals surface area contributed by atoms with Gasteiger partial charge in [-0.15, -0.1) is 0 Å². The van der Waals surface area contributed by atoms with Gasteiger partial charge in [0.25, 0.3) is 11.1 Å². The lowest BCUT2D eigenvalue weighted by Crippen LogP contribution is -2.37. The van der Waals surface area contributed by atoms with Crippen molar-refractivity contribution in [3.63, 3.8) is 0 Å². The Kier molecular flexibility index (Phi) is 6.61. The molecular formula is C26H24BrN3O3S. The van der Waals surface area contributed by atoms with Gasteiger partial charge in [0.15, 0.2) is 0 Å². The summed E-state index contributed by atoms with van der Waals surface area (Å²) in [5.41, 5.74) is 2.64. The third-order valence-electron chi connectivity index (χ3n) is 6.23. The largest absolute Gasteiger partial charge is 0.341 e. The molecular weight excluding hydrogens is 514 g/mol. The Morgan fingerprint density at radius 1 is 1.03 bits per heavy atom. The van der Waals surface area contributed by atoms with Crippen LogP contribution in [-0.4, -0.2) is 44.5 Å². The highest BCUT2D eigenvalue weighted by Crippen LogP contribution is 2.35. The molecule has 0 spiro atoms. The van der Waals surface area contributed by atoms with E-state index in [9.17, 15) is 14.4 Å². The minimum atomic E-state index is -0.292. The molecule has 6 nitrogen and oxygen atoms in total. The van der Waals surface area contributed by atoms with Crippen LogP contribution in [0.4, 0.5) is 4.79 Å². The molecule has 174 valence electrons. The summed E-state index contributed by atoms with van der Waals surface area (Å²) in [6.45, 7) is 2.12. The molecule has 0 unspecified atom stereocenters. The molecule has 3 heterocycles. The Labute approximate surface area is 210 Å². The molecule has 0 radical (unpaired) electrons. The molecule has 2 aromatic carbocycles. The molecule has 0 N–H and O–H groups in total. The molecule has 2 aliphatic heterocycles. The average Bonchev–Trinajstić information content (AvgIpc) is 3.31. The quantitative estimate of drug-likeness (QED) is 0.394. The van der Waals surface area contributed by atoms with E-state index in [-0.39, 0.29) is 30.1 Å². The van der Waals surface area contributed by atoms with Crippen LogP contribution in [0.2, 0.25) is 0 Å². The highest BCUT2D eigenvalue weighted by atomic mass is 79.9. The van der Waals surface area contributed by atoms with Crippen molar-refractivity contribution in [1.29, 1.82) is 0 Å². The molecule has 0 atom stereocenters. The van der Waals surface area contributed by atoms with Gasteiger partial charge in [0.2, 0.25) is 5.91 Å². The first-order chi connectivity index (χ1) is 16.5. The van der Waals surface area contributed by atoms with Crippen molar-refractivity contribution in [3.05, 3.63) is 75.2 Å². The number of amides is 3. The maximum absolute atomic E-state index is 13.1. The van der Waals surface area contributed by atoms with Crippen LogP contribution in [0.25, 0.3) is 17.0 Å². The lowest BCUT2D eigenvalue weighted by molar-refractivity contribution is -0.132. The van der Waals surface area contributed by atoms with Crippen molar-refractivity contribution < 1.29 is 14.4 Å². The van der Waals surface area contributed by atoms with Gasteiger partial charge in [0, 0.05) is 40.2 Å². The number of fused-ring (bicyclic) bond motifs is 1. The van der Waals surface area contributed by atoms with Crippen molar-refractivity contribution in [1.82, 2.24) is 14.4 Å². The minimum Gasteiger partial charge on any atom is -0.341 e. The highest BCUT2D eigenvalue weighted by Gasteiger charge is 2.35. The molecule has 3 aromatic rings. The summed E-state index contributed by atoms with van der Waals surface area (Å²) in [7, 11) is 0. The first kappa shape index (κ1) is 22.9. The number of halogens is 1. The van der Waals surface area contributed by atoms with E-state index in [1.165, 1.54) is 11.3 Å². The number of carbonyl (C=O) groups excluding carboxylic acids is 3. The van der Waals surface area contributed by atoms with Gasteiger partial charge in [-0.1, -0.05) is 46.3 Å². The fraction of sp³-hybridized carbons (Fsp3) is 0.269. The zero-order valence-electron chi connectivity index (χ0n) is 18.6. The third-order valence-corrected chi connectivity index (χ3v) is 7.63. The monoisotopic (exact) mass is 537 g/mol. The molecule has 0 saturated carbocycles. The van der Waals surface area contributed by atoms with E-state index in [1.807, 2.05) is 64.2 Å². The summed E-state index contributed by atoms with van der Waals surface area (Å²) in [5, 5.41) is 0.654. The lowest BCUT2D eigenvalue weighted by Gasteiger charge is -2.27. The van der Waals surface area contributed by atoms with Crippen molar-refractivity contribution >= 4 is 61.7 Å². The number of hydrogen-bond donors (Lipinski definition) is 0. The van der Waals surface area contributed by atoms with Gasteiger partial charge in [-0.3, -0.25) is 19.3 Å². The third kappa shape index (κ3) is 4.70. The Bertz CT molecular complexity index is 1300. The standard InChI is InChI=1S/C26H24BrN3O3S/c27-20-9-10-22-21(14-20)19(16-29(22)17-24(31)28-11-5-2-6-12-28)13-23-25(32)30(26(33)34-23)15-18-7-3-1-4-8-18/h1,3-4,7-10,13-14,16H,2,5-6,11-12,15,17H2/b23-13-. The van der Waals surface area contributed by atoms with Crippen molar-refractivity contribution in [2.45, 2.75) is 32.4 Å². The second kappa shape index (κ2) is 9.80. The number of benzene rings is 2. The number of nitrogens with zero attached hydrogens (tertiary/aromatic N) is 3. The molecule has 3 amide bonds. The average molecular weight is 538 g/mol. The fourth-order valence-electron chi connectivity index (χ4n) is 4.48. The predicted octanol–water partition coefficient (Wildman–Crippen LogP) is 5.65. The summed E-state index contributed by atoms with van der Waals surface area (Å²) in [5.74, 6) is -0.187. The number of aromatic nitrogens is 1. The van der Waals surface area contributed by atoms with Gasteiger partial charge in [0.1, 0.15) is 6.54 Å². The molecule has 2 saturated heterocycles. The maximum atomic E-state index is 13.1. The van der Waals surface area contributed by atoms with Crippen LogP contribution in [0.3, 0.4) is 0 Å². The Balaban J connectivity index is 1.44. The van der Waals surface area contributed by atoms with Crippen LogP contribution < -0.4 is 0 Å². The highest BCUT2D eigenvalue weighted by molar-refractivity contribution is 9.10. The van der Waals surface area contributed by atoms with Crippen LogP contribution in [-0.2, 0) is 22.7 Å². The number of thioether (sulfide) groups is 1. The van der Waals surface area contributed by atoms with Crippen LogP contribution in [0.5, 0.6) is 0 Å². The van der Waals surface area contributed by atoms with Crippen molar-refractivity contribution in [3.8, 4) is 0 Å². The van der Waals surface area contributed by atoms with Gasteiger partial charge in [-0.25, -0.2) is 0 Å². The van der Waals surface area contributed by atoms with Gasteiger partial charge in [0.05, 0.1) is 11.4 Å². The van der Waals surface area contributed by atoms with Crippen LogP contribution in [0.1, 0.15) is 30.4 Å². The molecule has 5 rings (SSSR count). The normalized spacial score (nSPS) is 17.9. The second-order valence-corrected chi connectivity index (χ2v) is 10.5. The summed E-state index contributed by atoms with van der Waals surface area (Å²) in [4.78, 5) is 42.2.